The quantitative estimate of drug-likeness (QED) is 0.269. The molecule has 2 heterocycles. The third-order valence-electron chi connectivity index (χ3n) is 4.55. The smallest absolute Gasteiger partial charge is 0.339 e. The molecule has 4 aromatic rings. The lowest BCUT2D eigenvalue weighted by Crippen LogP contribution is -2.22. The molecule has 0 N–H and O–H groups in total. The van der Waals surface area contributed by atoms with Crippen LogP contribution in [0.2, 0.25) is 0 Å². The molecule has 0 atom stereocenters. The monoisotopic (exact) mass is 462 g/mol. The van der Waals surface area contributed by atoms with E-state index in [0.717, 1.165) is 0 Å². The maximum atomic E-state index is 12.7. The molecule has 160 valence electrons. The van der Waals surface area contributed by atoms with Gasteiger partial charge < -0.3 is 4.74 Å². The Morgan fingerprint density at radius 1 is 0.906 bits per heavy atom. The van der Waals surface area contributed by atoms with Crippen LogP contribution in [0.3, 0.4) is 0 Å². The minimum Gasteiger partial charge on any atom is -0.456 e. The molecule has 1 amide bonds. The average Bonchev–Trinajstić information content (AvgIpc) is 3.50. The summed E-state index contributed by atoms with van der Waals surface area (Å²) >= 11 is 2.60. The fourth-order valence-corrected chi connectivity index (χ4v) is 4.64. The number of aromatic nitrogens is 1. The van der Waals surface area contributed by atoms with Crippen molar-refractivity contribution in [2.45, 2.75) is 13.5 Å². The molecule has 8 heteroatoms. The van der Waals surface area contributed by atoms with E-state index in [4.69, 9.17) is 4.74 Å². The summed E-state index contributed by atoms with van der Waals surface area (Å²) in [5.41, 5.74) is 1.73. The summed E-state index contributed by atoms with van der Waals surface area (Å²) in [6, 6.07) is 19.3. The summed E-state index contributed by atoms with van der Waals surface area (Å²) in [5, 5.41) is 4.04. The Hall–Kier alpha value is -3.62. The number of esters is 1. The molecule has 2 aromatic carbocycles. The van der Waals surface area contributed by atoms with E-state index in [9.17, 15) is 14.4 Å². The number of benzene rings is 2. The van der Waals surface area contributed by atoms with Crippen molar-refractivity contribution >= 4 is 51.2 Å². The molecule has 0 aliphatic carbocycles. The highest BCUT2D eigenvalue weighted by molar-refractivity contribution is 7.14. The van der Waals surface area contributed by atoms with Crippen molar-refractivity contribution in [1.82, 2.24) is 4.98 Å². The minimum absolute atomic E-state index is 0.0720. The number of thiophene rings is 1. The summed E-state index contributed by atoms with van der Waals surface area (Å²) in [4.78, 5) is 44.2. The first kappa shape index (κ1) is 21.6. The van der Waals surface area contributed by atoms with Crippen LogP contribution in [0.25, 0.3) is 0 Å². The second kappa shape index (κ2) is 9.67. The fraction of sp³-hybridized carbons (Fsp3) is 0.0833. The molecule has 32 heavy (non-hydrogen) atoms. The molecule has 0 unspecified atom stereocenters. The maximum absolute atomic E-state index is 12.7. The first-order valence-corrected chi connectivity index (χ1v) is 11.4. The van der Waals surface area contributed by atoms with Crippen LogP contribution < -0.4 is 4.90 Å². The van der Waals surface area contributed by atoms with Gasteiger partial charge in [0.1, 0.15) is 6.61 Å². The standard InChI is InChI=1S/C24H18N2O4S2/c1-16(27)26(18-8-3-2-4-9-18)24-25-17(15-32-24)14-30-23(29)20-11-6-5-10-19(20)22(28)21-12-7-13-31-21/h2-13,15H,14H2,1H3. The Morgan fingerprint density at radius 2 is 1.62 bits per heavy atom. The van der Waals surface area contributed by atoms with Crippen LogP contribution in [-0.2, 0) is 16.1 Å². The summed E-state index contributed by atoms with van der Waals surface area (Å²) in [5.74, 6) is -0.995. The molecule has 2 aromatic heterocycles. The van der Waals surface area contributed by atoms with Crippen LogP contribution in [0.15, 0.2) is 77.5 Å². The molecule has 0 radical (unpaired) electrons. The molecule has 0 aliphatic heterocycles. The van der Waals surface area contributed by atoms with Gasteiger partial charge in [0.05, 0.1) is 21.8 Å². The first-order valence-electron chi connectivity index (χ1n) is 9.69. The van der Waals surface area contributed by atoms with Crippen LogP contribution in [0, 0.1) is 0 Å². The van der Waals surface area contributed by atoms with E-state index in [2.05, 4.69) is 4.98 Å². The highest BCUT2D eigenvalue weighted by Crippen LogP contribution is 2.29. The normalized spacial score (nSPS) is 10.5. The number of para-hydroxylation sites is 1. The molecule has 6 nitrogen and oxygen atoms in total. The van der Waals surface area contributed by atoms with Crippen molar-refractivity contribution in [3.05, 3.63) is 99.2 Å². The van der Waals surface area contributed by atoms with Crippen LogP contribution in [0.5, 0.6) is 0 Å². The van der Waals surface area contributed by atoms with E-state index in [1.807, 2.05) is 35.7 Å². The topological polar surface area (TPSA) is 76.6 Å². The highest BCUT2D eigenvalue weighted by atomic mass is 32.1. The predicted octanol–water partition coefficient (Wildman–Crippen LogP) is 5.48. The van der Waals surface area contributed by atoms with Gasteiger partial charge in [-0.15, -0.1) is 22.7 Å². The van der Waals surface area contributed by atoms with Crippen LogP contribution >= 0.6 is 22.7 Å². The molecule has 0 spiro atoms. The second-order valence-corrected chi connectivity index (χ2v) is 8.52. The fourth-order valence-electron chi connectivity index (χ4n) is 3.09. The molecule has 0 bridgehead atoms. The highest BCUT2D eigenvalue weighted by Gasteiger charge is 2.21. The largest absolute Gasteiger partial charge is 0.456 e. The second-order valence-electron chi connectivity index (χ2n) is 6.74. The molecular weight excluding hydrogens is 444 g/mol. The number of nitrogens with zero attached hydrogens (tertiary/aromatic N) is 2. The zero-order chi connectivity index (χ0) is 22.5. The van der Waals surface area contributed by atoms with Gasteiger partial charge in [-0.3, -0.25) is 14.5 Å². The summed E-state index contributed by atoms with van der Waals surface area (Å²) < 4.78 is 5.43. The van der Waals surface area contributed by atoms with Crippen molar-refractivity contribution in [3.63, 3.8) is 0 Å². The summed E-state index contributed by atoms with van der Waals surface area (Å²) in [6.07, 6.45) is 0. The van der Waals surface area contributed by atoms with Gasteiger partial charge in [-0.25, -0.2) is 9.78 Å². The van der Waals surface area contributed by atoms with Gasteiger partial charge in [0.2, 0.25) is 11.7 Å². The maximum Gasteiger partial charge on any atom is 0.339 e. The Bertz CT molecular complexity index is 1250. The van der Waals surface area contributed by atoms with Crippen LogP contribution in [0.4, 0.5) is 10.8 Å². The van der Waals surface area contributed by atoms with Crippen molar-refractivity contribution in [3.8, 4) is 0 Å². The molecule has 0 fully saturated rings. The Kier molecular flexibility index (Phi) is 6.53. The molecule has 0 saturated heterocycles. The van der Waals surface area contributed by atoms with E-state index >= 15 is 0 Å². The van der Waals surface area contributed by atoms with Gasteiger partial charge >= 0.3 is 5.97 Å². The van der Waals surface area contributed by atoms with E-state index in [-0.39, 0.29) is 23.9 Å². The van der Waals surface area contributed by atoms with Gasteiger partial charge in [0.25, 0.3) is 0 Å². The lowest BCUT2D eigenvalue weighted by Gasteiger charge is -2.17. The van der Waals surface area contributed by atoms with Gasteiger partial charge in [-0.2, -0.15) is 0 Å². The third-order valence-corrected chi connectivity index (χ3v) is 6.29. The lowest BCUT2D eigenvalue weighted by molar-refractivity contribution is -0.115. The van der Waals surface area contributed by atoms with Gasteiger partial charge in [0, 0.05) is 17.9 Å². The number of carbonyl (C=O) groups is 3. The Balaban J connectivity index is 1.49. The van der Waals surface area contributed by atoms with E-state index in [1.165, 1.54) is 34.5 Å². The SMILES string of the molecule is CC(=O)N(c1ccccc1)c1nc(COC(=O)c2ccccc2C(=O)c2cccs2)cs1. The Morgan fingerprint density at radius 3 is 2.31 bits per heavy atom. The van der Waals surface area contributed by atoms with Crippen LogP contribution in [0.1, 0.15) is 38.2 Å². The van der Waals surface area contributed by atoms with Crippen molar-refractivity contribution in [2.24, 2.45) is 0 Å². The number of hydrogen-bond acceptors (Lipinski definition) is 7. The van der Waals surface area contributed by atoms with Gasteiger partial charge in [-0.05, 0) is 29.6 Å². The zero-order valence-electron chi connectivity index (χ0n) is 17.1. The van der Waals surface area contributed by atoms with Crippen molar-refractivity contribution in [1.29, 1.82) is 0 Å². The van der Waals surface area contributed by atoms with E-state index < -0.39 is 5.97 Å². The van der Waals surface area contributed by atoms with E-state index in [0.29, 0.717) is 27.0 Å². The number of carbonyl (C=O) groups excluding carboxylic acids is 3. The first-order chi connectivity index (χ1) is 15.5. The number of hydrogen-bond donors (Lipinski definition) is 0. The van der Waals surface area contributed by atoms with Crippen LogP contribution in [-0.4, -0.2) is 22.6 Å². The number of ketones is 1. The number of amides is 1. The summed E-state index contributed by atoms with van der Waals surface area (Å²) in [7, 11) is 0. The molecule has 4 rings (SSSR count). The molecule has 0 saturated carbocycles. The zero-order valence-corrected chi connectivity index (χ0v) is 18.7. The lowest BCUT2D eigenvalue weighted by atomic mass is 10.0. The minimum atomic E-state index is -0.605. The summed E-state index contributed by atoms with van der Waals surface area (Å²) in [6.45, 7) is 1.40. The average molecular weight is 463 g/mol. The number of ether oxygens (including phenoxy) is 1. The molecular formula is C24H18N2O4S2. The van der Waals surface area contributed by atoms with Crippen molar-refractivity contribution in [2.75, 3.05) is 4.90 Å². The number of rotatable bonds is 7. The van der Waals surface area contributed by atoms with Crippen molar-refractivity contribution < 1.29 is 19.1 Å². The predicted molar refractivity (Wildman–Crippen MR) is 125 cm³/mol. The Labute approximate surface area is 192 Å². The third kappa shape index (κ3) is 4.66. The number of anilines is 2. The molecule has 0 aliphatic rings. The van der Waals surface area contributed by atoms with E-state index in [1.54, 1.807) is 41.8 Å². The van der Waals surface area contributed by atoms with Gasteiger partial charge in [0.15, 0.2) is 5.13 Å². The van der Waals surface area contributed by atoms with Gasteiger partial charge in [-0.1, -0.05) is 42.5 Å². The number of thiazole rings is 1.